The molecule has 1 aromatic heterocycles. The maximum atomic E-state index is 5.80. The summed E-state index contributed by atoms with van der Waals surface area (Å²) in [6.07, 6.45) is 5.23. The summed E-state index contributed by atoms with van der Waals surface area (Å²) in [5, 5.41) is 0.945. The Morgan fingerprint density at radius 1 is 1.17 bits per heavy atom. The average molecular weight is 257 g/mol. The van der Waals surface area contributed by atoms with Gasteiger partial charge in [0, 0.05) is 10.5 Å². The predicted octanol–water partition coefficient (Wildman–Crippen LogP) is 3.01. The molecular formula is C14H15N3S. The van der Waals surface area contributed by atoms with Crippen LogP contribution in [0.15, 0.2) is 34.4 Å². The van der Waals surface area contributed by atoms with Crippen LogP contribution in [0.3, 0.4) is 0 Å². The summed E-state index contributed by atoms with van der Waals surface area (Å²) in [7, 11) is 0. The Kier molecular flexibility index (Phi) is 2.96. The molecule has 3 rings (SSSR count). The largest absolute Gasteiger partial charge is 0.383 e. The van der Waals surface area contributed by atoms with Crippen molar-refractivity contribution in [1.29, 1.82) is 0 Å². The number of nitrogens with two attached hydrogens (primary N) is 1. The molecule has 2 aromatic rings. The van der Waals surface area contributed by atoms with Crippen LogP contribution in [0, 0.1) is 6.92 Å². The van der Waals surface area contributed by atoms with Crippen molar-refractivity contribution in [2.24, 2.45) is 0 Å². The van der Waals surface area contributed by atoms with Gasteiger partial charge in [-0.05, 0) is 49.4 Å². The number of rotatable bonds is 2. The SMILES string of the molecule is Cc1c(N)ncnc1Sc1ccc2c(c1)CCC2. The zero-order valence-electron chi connectivity index (χ0n) is 10.3. The van der Waals surface area contributed by atoms with Crippen LogP contribution in [0.5, 0.6) is 0 Å². The fraction of sp³-hybridized carbons (Fsp3) is 0.286. The monoisotopic (exact) mass is 257 g/mol. The molecule has 0 atom stereocenters. The molecule has 4 heteroatoms. The number of aryl methyl sites for hydroxylation is 2. The highest BCUT2D eigenvalue weighted by Gasteiger charge is 2.12. The van der Waals surface area contributed by atoms with Crippen LogP contribution in [0.2, 0.25) is 0 Å². The molecule has 1 aliphatic rings. The van der Waals surface area contributed by atoms with Gasteiger partial charge in [-0.1, -0.05) is 17.8 Å². The number of aromatic nitrogens is 2. The van der Waals surface area contributed by atoms with E-state index in [2.05, 4.69) is 28.2 Å². The fourth-order valence-electron chi connectivity index (χ4n) is 2.27. The Morgan fingerprint density at radius 2 is 2.00 bits per heavy atom. The fourth-order valence-corrected chi connectivity index (χ4v) is 3.19. The van der Waals surface area contributed by atoms with Crippen LogP contribution in [0.25, 0.3) is 0 Å². The summed E-state index contributed by atoms with van der Waals surface area (Å²) < 4.78 is 0. The van der Waals surface area contributed by atoms with Gasteiger partial charge in [-0.3, -0.25) is 0 Å². The molecule has 3 nitrogen and oxygen atoms in total. The molecule has 0 fully saturated rings. The van der Waals surface area contributed by atoms with E-state index in [1.54, 1.807) is 11.8 Å². The lowest BCUT2D eigenvalue weighted by atomic mass is 10.1. The van der Waals surface area contributed by atoms with E-state index in [1.165, 1.54) is 41.6 Å². The molecule has 18 heavy (non-hydrogen) atoms. The van der Waals surface area contributed by atoms with Gasteiger partial charge in [0.05, 0.1) is 0 Å². The van der Waals surface area contributed by atoms with E-state index in [0.29, 0.717) is 5.82 Å². The highest BCUT2D eigenvalue weighted by atomic mass is 32.2. The van der Waals surface area contributed by atoms with Crippen LogP contribution in [-0.2, 0) is 12.8 Å². The van der Waals surface area contributed by atoms with Gasteiger partial charge < -0.3 is 5.73 Å². The summed E-state index contributed by atoms with van der Waals surface area (Å²) in [5.74, 6) is 0.564. The number of benzene rings is 1. The second-order valence-corrected chi connectivity index (χ2v) is 5.64. The molecular weight excluding hydrogens is 242 g/mol. The van der Waals surface area contributed by atoms with Gasteiger partial charge in [0.2, 0.25) is 0 Å². The first kappa shape index (κ1) is 11.5. The molecule has 92 valence electrons. The van der Waals surface area contributed by atoms with Crippen molar-refractivity contribution in [3.05, 3.63) is 41.2 Å². The number of fused-ring (bicyclic) bond motifs is 1. The summed E-state index contributed by atoms with van der Waals surface area (Å²) in [4.78, 5) is 9.53. The number of anilines is 1. The van der Waals surface area contributed by atoms with Crippen LogP contribution in [0.4, 0.5) is 5.82 Å². The van der Waals surface area contributed by atoms with Crippen molar-refractivity contribution in [2.75, 3.05) is 5.73 Å². The Labute approximate surface area is 111 Å². The molecule has 0 saturated carbocycles. The predicted molar refractivity (Wildman–Crippen MR) is 73.8 cm³/mol. The standard InChI is InChI=1S/C14H15N3S/c1-9-13(15)16-8-17-14(9)18-12-6-5-10-3-2-4-11(10)7-12/h5-8H,2-4H2,1H3,(H2,15,16,17). The van der Waals surface area contributed by atoms with E-state index in [1.807, 2.05) is 6.92 Å². The van der Waals surface area contributed by atoms with E-state index in [-0.39, 0.29) is 0 Å². The minimum absolute atomic E-state index is 0.564. The van der Waals surface area contributed by atoms with E-state index >= 15 is 0 Å². The van der Waals surface area contributed by atoms with Crippen LogP contribution in [-0.4, -0.2) is 9.97 Å². The van der Waals surface area contributed by atoms with Gasteiger partial charge >= 0.3 is 0 Å². The molecule has 0 bridgehead atoms. The number of hydrogen-bond donors (Lipinski definition) is 1. The second-order valence-electron chi connectivity index (χ2n) is 4.58. The number of hydrogen-bond acceptors (Lipinski definition) is 4. The lowest BCUT2D eigenvalue weighted by Gasteiger charge is -2.07. The highest BCUT2D eigenvalue weighted by molar-refractivity contribution is 7.99. The van der Waals surface area contributed by atoms with Gasteiger partial charge in [0.15, 0.2) is 0 Å². The third kappa shape index (κ3) is 2.08. The zero-order chi connectivity index (χ0) is 12.5. The van der Waals surface area contributed by atoms with Crippen molar-refractivity contribution in [3.63, 3.8) is 0 Å². The average Bonchev–Trinajstić information content (AvgIpc) is 2.82. The van der Waals surface area contributed by atoms with Crippen molar-refractivity contribution in [1.82, 2.24) is 9.97 Å². The van der Waals surface area contributed by atoms with Gasteiger partial charge in [0.25, 0.3) is 0 Å². The summed E-state index contributed by atoms with van der Waals surface area (Å²) >= 11 is 1.66. The Hall–Kier alpha value is -1.55. The van der Waals surface area contributed by atoms with E-state index in [9.17, 15) is 0 Å². The normalized spacial score (nSPS) is 13.6. The van der Waals surface area contributed by atoms with E-state index in [0.717, 1.165) is 10.6 Å². The molecule has 1 heterocycles. The Bertz CT molecular complexity index is 596. The van der Waals surface area contributed by atoms with Gasteiger partial charge in [-0.15, -0.1) is 0 Å². The van der Waals surface area contributed by atoms with Crippen molar-refractivity contribution >= 4 is 17.6 Å². The third-order valence-electron chi connectivity index (χ3n) is 3.36. The molecule has 0 spiro atoms. The smallest absolute Gasteiger partial charge is 0.130 e. The molecule has 0 unspecified atom stereocenters. The maximum Gasteiger partial charge on any atom is 0.130 e. The molecule has 0 aliphatic heterocycles. The van der Waals surface area contributed by atoms with E-state index < -0.39 is 0 Å². The summed E-state index contributed by atoms with van der Waals surface area (Å²) in [5.41, 5.74) is 9.75. The topological polar surface area (TPSA) is 51.8 Å². The zero-order valence-corrected chi connectivity index (χ0v) is 11.1. The molecule has 0 saturated heterocycles. The third-order valence-corrected chi connectivity index (χ3v) is 4.46. The van der Waals surface area contributed by atoms with Crippen LogP contribution >= 0.6 is 11.8 Å². The maximum absolute atomic E-state index is 5.80. The van der Waals surface area contributed by atoms with E-state index in [4.69, 9.17) is 5.73 Å². The minimum atomic E-state index is 0.564. The Morgan fingerprint density at radius 3 is 2.89 bits per heavy atom. The second kappa shape index (κ2) is 4.61. The molecule has 1 aromatic carbocycles. The highest BCUT2D eigenvalue weighted by Crippen LogP contribution is 2.33. The molecule has 0 amide bonds. The van der Waals surface area contributed by atoms with Crippen molar-refractivity contribution in [3.8, 4) is 0 Å². The molecule has 0 radical (unpaired) electrons. The number of nitrogens with zero attached hydrogens (tertiary/aromatic N) is 2. The first-order valence-electron chi connectivity index (χ1n) is 6.11. The summed E-state index contributed by atoms with van der Waals surface area (Å²) in [6, 6.07) is 6.70. The van der Waals surface area contributed by atoms with Gasteiger partial charge in [-0.25, -0.2) is 9.97 Å². The lowest BCUT2D eigenvalue weighted by molar-refractivity contribution is 0.911. The molecule has 2 N–H and O–H groups in total. The number of nitrogen functional groups attached to an aromatic ring is 1. The minimum Gasteiger partial charge on any atom is -0.383 e. The summed E-state index contributed by atoms with van der Waals surface area (Å²) in [6.45, 7) is 1.96. The van der Waals surface area contributed by atoms with Crippen molar-refractivity contribution < 1.29 is 0 Å². The van der Waals surface area contributed by atoms with Crippen LogP contribution < -0.4 is 5.73 Å². The van der Waals surface area contributed by atoms with Crippen LogP contribution in [0.1, 0.15) is 23.1 Å². The first-order chi connectivity index (χ1) is 8.74. The van der Waals surface area contributed by atoms with Gasteiger partial charge in [0.1, 0.15) is 17.2 Å². The lowest BCUT2D eigenvalue weighted by Crippen LogP contribution is -1.97. The quantitative estimate of drug-likeness (QED) is 0.840. The molecule has 1 aliphatic carbocycles. The first-order valence-corrected chi connectivity index (χ1v) is 6.92. The van der Waals surface area contributed by atoms with Crippen molar-refractivity contribution in [2.45, 2.75) is 36.1 Å². The van der Waals surface area contributed by atoms with Gasteiger partial charge in [-0.2, -0.15) is 0 Å². The Balaban J connectivity index is 1.90.